The van der Waals surface area contributed by atoms with Gasteiger partial charge in [0.25, 0.3) is 5.91 Å². The molecule has 0 aliphatic carbocycles. The fourth-order valence-corrected chi connectivity index (χ4v) is 2.65. The second kappa shape index (κ2) is 6.21. The second-order valence-electron chi connectivity index (χ2n) is 4.74. The zero-order valence-electron chi connectivity index (χ0n) is 10.7. The molecule has 0 saturated carbocycles. The molecule has 0 radical (unpaired) electrons. The molecule has 0 spiro atoms. The number of nitrogens with two attached hydrogens (primary N) is 1. The van der Waals surface area contributed by atoms with Crippen molar-refractivity contribution in [3.05, 3.63) is 34.1 Å². The lowest BCUT2D eigenvalue weighted by Gasteiger charge is -2.32. The summed E-state index contributed by atoms with van der Waals surface area (Å²) in [7, 11) is 0. The number of hydrogen-bond acceptors (Lipinski definition) is 3. The number of carbonyl (C=O) groups excluding carboxylic acids is 1. The third-order valence-electron chi connectivity index (χ3n) is 3.40. The highest BCUT2D eigenvalue weighted by molar-refractivity contribution is 9.10. The van der Waals surface area contributed by atoms with Gasteiger partial charge < -0.3 is 15.8 Å². The molecule has 3 N–H and O–H groups in total. The Kier molecular flexibility index (Phi) is 4.59. The van der Waals surface area contributed by atoms with Crippen LogP contribution in [0.1, 0.15) is 23.2 Å². The van der Waals surface area contributed by atoms with E-state index < -0.39 is 5.82 Å². The zero-order valence-corrected chi connectivity index (χ0v) is 12.3. The third-order valence-corrected chi connectivity index (χ3v) is 3.90. The number of halogens is 2. The predicted octanol–water partition coefficient (Wildman–Crippen LogP) is 2.19. The number of nitrogens with zero attached hydrogens (tertiary/aromatic N) is 2. The Morgan fingerprint density at radius 3 is 2.95 bits per heavy atom. The highest BCUT2D eigenvalue weighted by atomic mass is 79.9. The van der Waals surface area contributed by atoms with Crippen LogP contribution in [0.15, 0.2) is 27.8 Å². The molecule has 1 amide bonds. The summed E-state index contributed by atoms with van der Waals surface area (Å²) in [6, 6.07) is 4.34. The molecule has 108 valence electrons. The lowest BCUT2D eigenvalue weighted by atomic mass is 9.96. The summed E-state index contributed by atoms with van der Waals surface area (Å²) in [6.07, 6.45) is 1.49. The summed E-state index contributed by atoms with van der Waals surface area (Å²) in [5, 5.41) is 11.7. The molecule has 20 heavy (non-hydrogen) atoms. The van der Waals surface area contributed by atoms with Crippen molar-refractivity contribution in [3.63, 3.8) is 0 Å². The number of likely N-dealkylation sites (tertiary alicyclic amines) is 1. The summed E-state index contributed by atoms with van der Waals surface area (Å²) in [5.74, 6) is -1.00. The average Bonchev–Trinajstić information content (AvgIpc) is 2.46. The van der Waals surface area contributed by atoms with Crippen LogP contribution in [0.5, 0.6) is 0 Å². The van der Waals surface area contributed by atoms with Gasteiger partial charge in [-0.2, -0.15) is 0 Å². The SMILES string of the molecule is NC(=NO)C1CCCN(C(=O)c2ccc(Br)cc2F)C1. The fraction of sp³-hybridized carbons (Fsp3) is 0.385. The number of rotatable bonds is 2. The maximum Gasteiger partial charge on any atom is 0.256 e. The highest BCUT2D eigenvalue weighted by Gasteiger charge is 2.28. The van der Waals surface area contributed by atoms with E-state index in [0.29, 0.717) is 17.6 Å². The molecule has 1 atom stereocenters. The third kappa shape index (κ3) is 3.09. The molecule has 1 aliphatic rings. The molecule has 5 nitrogen and oxygen atoms in total. The molecule has 1 fully saturated rings. The first kappa shape index (κ1) is 14.8. The molecule has 1 unspecified atom stereocenters. The van der Waals surface area contributed by atoms with E-state index in [1.54, 1.807) is 11.0 Å². The number of hydrogen-bond donors (Lipinski definition) is 2. The van der Waals surface area contributed by atoms with Crippen molar-refractivity contribution in [1.29, 1.82) is 0 Å². The first-order valence-electron chi connectivity index (χ1n) is 6.24. The fourth-order valence-electron chi connectivity index (χ4n) is 2.32. The zero-order chi connectivity index (χ0) is 14.7. The van der Waals surface area contributed by atoms with Gasteiger partial charge in [-0.3, -0.25) is 4.79 Å². The van der Waals surface area contributed by atoms with Gasteiger partial charge >= 0.3 is 0 Å². The van der Waals surface area contributed by atoms with E-state index >= 15 is 0 Å². The highest BCUT2D eigenvalue weighted by Crippen LogP contribution is 2.21. The van der Waals surface area contributed by atoms with E-state index in [4.69, 9.17) is 10.9 Å². The van der Waals surface area contributed by atoms with Gasteiger partial charge in [-0.15, -0.1) is 0 Å². The molecule has 1 aliphatic heterocycles. The Morgan fingerprint density at radius 1 is 1.55 bits per heavy atom. The van der Waals surface area contributed by atoms with Crippen LogP contribution in [0.4, 0.5) is 4.39 Å². The standard InChI is InChI=1S/C13H15BrFN3O2/c14-9-3-4-10(11(15)6-9)13(19)18-5-1-2-8(7-18)12(16)17-20/h3-4,6,8,20H,1-2,5,7H2,(H2,16,17). The monoisotopic (exact) mass is 343 g/mol. The Bertz CT molecular complexity index is 550. The van der Waals surface area contributed by atoms with Gasteiger partial charge in [0.05, 0.1) is 5.56 Å². The minimum atomic E-state index is -0.560. The van der Waals surface area contributed by atoms with E-state index in [2.05, 4.69) is 21.1 Å². The van der Waals surface area contributed by atoms with Gasteiger partial charge in [-0.05, 0) is 31.0 Å². The summed E-state index contributed by atoms with van der Waals surface area (Å²) in [4.78, 5) is 13.9. The topological polar surface area (TPSA) is 78.9 Å². The van der Waals surface area contributed by atoms with Crippen LogP contribution < -0.4 is 5.73 Å². The van der Waals surface area contributed by atoms with Crippen molar-refractivity contribution in [2.24, 2.45) is 16.8 Å². The van der Waals surface area contributed by atoms with Crippen LogP contribution in [-0.2, 0) is 0 Å². The minimum Gasteiger partial charge on any atom is -0.409 e. The van der Waals surface area contributed by atoms with Gasteiger partial charge in [-0.25, -0.2) is 4.39 Å². The first-order chi connectivity index (χ1) is 9.52. The first-order valence-corrected chi connectivity index (χ1v) is 7.04. The maximum atomic E-state index is 13.8. The average molecular weight is 344 g/mol. The van der Waals surface area contributed by atoms with Crippen molar-refractivity contribution in [2.45, 2.75) is 12.8 Å². The molecule has 2 rings (SSSR count). The Balaban J connectivity index is 2.16. The lowest BCUT2D eigenvalue weighted by molar-refractivity contribution is 0.0696. The predicted molar refractivity (Wildman–Crippen MR) is 76.1 cm³/mol. The molecule has 1 heterocycles. The van der Waals surface area contributed by atoms with Crippen LogP contribution in [-0.4, -0.2) is 34.9 Å². The summed E-state index contributed by atoms with van der Waals surface area (Å²) in [6.45, 7) is 0.883. The molecule has 1 saturated heterocycles. The van der Waals surface area contributed by atoms with Gasteiger partial charge in [0.1, 0.15) is 11.7 Å². The van der Waals surface area contributed by atoms with E-state index in [1.807, 2.05) is 0 Å². The molecular formula is C13H15BrFN3O2. The maximum absolute atomic E-state index is 13.8. The van der Waals surface area contributed by atoms with E-state index in [-0.39, 0.29) is 23.2 Å². The van der Waals surface area contributed by atoms with E-state index in [9.17, 15) is 9.18 Å². The summed E-state index contributed by atoms with van der Waals surface area (Å²) in [5.41, 5.74) is 5.62. The minimum absolute atomic E-state index is 0.0355. The van der Waals surface area contributed by atoms with Gasteiger partial charge in [0.15, 0.2) is 0 Å². The lowest BCUT2D eigenvalue weighted by Crippen LogP contribution is -2.44. The smallest absolute Gasteiger partial charge is 0.256 e. The molecule has 1 aromatic carbocycles. The van der Waals surface area contributed by atoms with Crippen molar-refractivity contribution in [3.8, 4) is 0 Å². The van der Waals surface area contributed by atoms with Gasteiger partial charge in [0.2, 0.25) is 0 Å². The Labute approximate surface area is 124 Å². The normalized spacial score (nSPS) is 20.0. The molecule has 0 bridgehead atoms. The number of oxime groups is 1. The van der Waals surface area contributed by atoms with Crippen LogP contribution in [0, 0.1) is 11.7 Å². The van der Waals surface area contributed by atoms with E-state index in [1.165, 1.54) is 12.1 Å². The van der Waals surface area contributed by atoms with Gasteiger partial charge in [-0.1, -0.05) is 21.1 Å². The van der Waals surface area contributed by atoms with Crippen LogP contribution in [0.3, 0.4) is 0 Å². The molecule has 1 aromatic rings. The molecular weight excluding hydrogens is 329 g/mol. The molecule has 0 aromatic heterocycles. The van der Waals surface area contributed by atoms with Crippen molar-refractivity contribution in [1.82, 2.24) is 4.90 Å². The van der Waals surface area contributed by atoms with E-state index in [0.717, 1.165) is 12.8 Å². The Hall–Kier alpha value is -1.63. The van der Waals surface area contributed by atoms with Crippen LogP contribution in [0.2, 0.25) is 0 Å². The summed E-state index contributed by atoms with van der Waals surface area (Å²) >= 11 is 3.15. The van der Waals surface area contributed by atoms with Gasteiger partial charge in [0, 0.05) is 23.5 Å². The van der Waals surface area contributed by atoms with Crippen molar-refractivity contribution >= 4 is 27.7 Å². The largest absolute Gasteiger partial charge is 0.409 e. The van der Waals surface area contributed by atoms with Crippen molar-refractivity contribution in [2.75, 3.05) is 13.1 Å². The summed E-state index contributed by atoms with van der Waals surface area (Å²) < 4.78 is 14.4. The number of benzene rings is 1. The number of amidine groups is 1. The number of carbonyl (C=O) groups is 1. The molecule has 7 heteroatoms. The number of piperidine rings is 1. The van der Waals surface area contributed by atoms with Crippen LogP contribution in [0.25, 0.3) is 0 Å². The second-order valence-corrected chi connectivity index (χ2v) is 5.66. The van der Waals surface area contributed by atoms with Crippen LogP contribution >= 0.6 is 15.9 Å². The Morgan fingerprint density at radius 2 is 2.30 bits per heavy atom. The quantitative estimate of drug-likeness (QED) is 0.374. The van der Waals surface area contributed by atoms with Crippen molar-refractivity contribution < 1.29 is 14.4 Å². The number of amides is 1.